The third-order valence-corrected chi connectivity index (χ3v) is 4.81. The fraction of sp³-hybridized carbons (Fsp3) is 0.211. The highest BCUT2D eigenvalue weighted by Gasteiger charge is 2.49. The average molecular weight is 416 g/mol. The summed E-state index contributed by atoms with van der Waals surface area (Å²) in [5.41, 5.74) is 1.13. The molecule has 1 saturated heterocycles. The second-order valence-electron chi connectivity index (χ2n) is 6.37. The Balaban J connectivity index is 1.74. The molecule has 2 N–H and O–H groups in total. The Kier molecular flexibility index (Phi) is 4.82. The first kappa shape index (κ1) is 18.1. The SMILES string of the molecule is Cc1ccc([C@@]2(C)NC(=O)N(CC(=O)Nc3cccc(Br)c3)C2=O)cc1. The number of anilines is 1. The first-order valence-electron chi connectivity index (χ1n) is 8.06. The van der Waals surface area contributed by atoms with Crippen LogP contribution in [0.15, 0.2) is 53.0 Å². The Hall–Kier alpha value is -2.67. The van der Waals surface area contributed by atoms with Gasteiger partial charge in [-0.05, 0) is 37.6 Å². The van der Waals surface area contributed by atoms with Gasteiger partial charge in [-0.25, -0.2) is 4.79 Å². The van der Waals surface area contributed by atoms with E-state index in [4.69, 9.17) is 0 Å². The zero-order valence-electron chi connectivity index (χ0n) is 14.4. The van der Waals surface area contributed by atoms with Gasteiger partial charge in [0, 0.05) is 10.2 Å². The van der Waals surface area contributed by atoms with Gasteiger partial charge in [-0.2, -0.15) is 0 Å². The molecule has 1 atom stereocenters. The number of amides is 4. The summed E-state index contributed by atoms with van der Waals surface area (Å²) >= 11 is 3.33. The number of hydrogen-bond acceptors (Lipinski definition) is 3. The number of benzene rings is 2. The van der Waals surface area contributed by atoms with Crippen molar-refractivity contribution in [2.45, 2.75) is 19.4 Å². The molecule has 4 amide bonds. The number of halogens is 1. The smallest absolute Gasteiger partial charge is 0.324 e. The Labute approximate surface area is 159 Å². The minimum Gasteiger partial charge on any atom is -0.324 e. The summed E-state index contributed by atoms with van der Waals surface area (Å²) in [5.74, 6) is -0.893. The summed E-state index contributed by atoms with van der Waals surface area (Å²) in [7, 11) is 0. The van der Waals surface area contributed by atoms with Crippen molar-refractivity contribution in [3.05, 3.63) is 64.1 Å². The quantitative estimate of drug-likeness (QED) is 0.752. The molecule has 6 nitrogen and oxygen atoms in total. The lowest BCUT2D eigenvalue weighted by Gasteiger charge is -2.22. The van der Waals surface area contributed by atoms with Crippen LogP contribution in [-0.2, 0) is 15.1 Å². The molecule has 0 bridgehead atoms. The summed E-state index contributed by atoms with van der Waals surface area (Å²) < 4.78 is 0.817. The number of rotatable bonds is 4. The normalized spacial score (nSPS) is 19.4. The lowest BCUT2D eigenvalue weighted by molar-refractivity contribution is -0.133. The molecule has 1 aliphatic heterocycles. The third-order valence-electron chi connectivity index (χ3n) is 4.31. The molecule has 0 unspecified atom stereocenters. The first-order valence-corrected chi connectivity index (χ1v) is 8.85. The molecule has 7 heteroatoms. The van der Waals surface area contributed by atoms with E-state index in [1.807, 2.05) is 25.1 Å². The van der Waals surface area contributed by atoms with Crippen LogP contribution < -0.4 is 10.6 Å². The molecule has 2 aromatic rings. The number of urea groups is 1. The van der Waals surface area contributed by atoms with E-state index in [0.717, 1.165) is 14.9 Å². The molecule has 1 aliphatic rings. The van der Waals surface area contributed by atoms with Crippen LogP contribution in [0.5, 0.6) is 0 Å². The van der Waals surface area contributed by atoms with E-state index in [1.165, 1.54) is 0 Å². The molecule has 0 saturated carbocycles. The van der Waals surface area contributed by atoms with Crippen LogP contribution in [0.2, 0.25) is 0 Å². The number of carbonyl (C=O) groups excluding carboxylic acids is 3. The minimum absolute atomic E-state index is 0.349. The molecular weight excluding hydrogens is 398 g/mol. The van der Waals surface area contributed by atoms with Crippen molar-refractivity contribution in [1.82, 2.24) is 10.2 Å². The second kappa shape index (κ2) is 6.92. The highest BCUT2D eigenvalue weighted by molar-refractivity contribution is 9.10. The highest BCUT2D eigenvalue weighted by atomic mass is 79.9. The maximum Gasteiger partial charge on any atom is 0.325 e. The van der Waals surface area contributed by atoms with Crippen LogP contribution in [0.4, 0.5) is 10.5 Å². The summed E-state index contributed by atoms with van der Waals surface area (Å²) in [5, 5.41) is 5.38. The zero-order chi connectivity index (χ0) is 18.9. The monoisotopic (exact) mass is 415 g/mol. The minimum atomic E-state index is -1.18. The van der Waals surface area contributed by atoms with E-state index in [0.29, 0.717) is 11.3 Å². The van der Waals surface area contributed by atoms with Gasteiger partial charge in [0.15, 0.2) is 0 Å². The van der Waals surface area contributed by atoms with Gasteiger partial charge in [0.2, 0.25) is 5.91 Å². The molecule has 1 heterocycles. The number of aryl methyl sites for hydroxylation is 1. The standard InChI is InChI=1S/C19H18BrN3O3/c1-12-6-8-13(9-7-12)19(2)17(25)23(18(26)22-19)11-16(24)21-15-5-3-4-14(20)10-15/h3-10H,11H2,1-2H3,(H,21,24)(H,22,26)/t19-/m1/s1. The van der Waals surface area contributed by atoms with E-state index in [9.17, 15) is 14.4 Å². The highest BCUT2D eigenvalue weighted by Crippen LogP contribution is 2.29. The molecule has 26 heavy (non-hydrogen) atoms. The van der Waals surface area contributed by atoms with Crippen molar-refractivity contribution in [2.24, 2.45) is 0 Å². The number of carbonyl (C=O) groups is 3. The maximum atomic E-state index is 12.8. The van der Waals surface area contributed by atoms with Gasteiger partial charge < -0.3 is 10.6 Å². The number of hydrogen-bond donors (Lipinski definition) is 2. The summed E-state index contributed by atoms with van der Waals surface area (Å²) in [6.07, 6.45) is 0. The fourth-order valence-electron chi connectivity index (χ4n) is 2.83. The number of nitrogens with one attached hydrogen (secondary N) is 2. The fourth-order valence-corrected chi connectivity index (χ4v) is 3.23. The van der Waals surface area contributed by atoms with Crippen molar-refractivity contribution in [3.63, 3.8) is 0 Å². The van der Waals surface area contributed by atoms with Gasteiger partial charge in [0.05, 0.1) is 0 Å². The van der Waals surface area contributed by atoms with Crippen LogP contribution in [0, 0.1) is 6.92 Å². The Morgan fingerprint density at radius 3 is 2.54 bits per heavy atom. The van der Waals surface area contributed by atoms with Gasteiger partial charge in [0.25, 0.3) is 5.91 Å². The molecular formula is C19H18BrN3O3. The van der Waals surface area contributed by atoms with Crippen molar-refractivity contribution in [3.8, 4) is 0 Å². The molecule has 0 radical (unpaired) electrons. The average Bonchev–Trinajstić information content (AvgIpc) is 2.79. The number of nitrogens with zero attached hydrogens (tertiary/aromatic N) is 1. The van der Waals surface area contributed by atoms with Crippen molar-refractivity contribution >= 4 is 39.5 Å². The zero-order valence-corrected chi connectivity index (χ0v) is 16.0. The van der Waals surface area contributed by atoms with E-state index in [2.05, 4.69) is 26.6 Å². The predicted molar refractivity (Wildman–Crippen MR) is 102 cm³/mol. The Morgan fingerprint density at radius 2 is 1.88 bits per heavy atom. The van der Waals surface area contributed by atoms with E-state index >= 15 is 0 Å². The maximum absolute atomic E-state index is 12.8. The van der Waals surface area contributed by atoms with Crippen LogP contribution in [0.3, 0.4) is 0 Å². The van der Waals surface area contributed by atoms with Gasteiger partial charge in [-0.1, -0.05) is 51.8 Å². The lowest BCUT2D eigenvalue weighted by Crippen LogP contribution is -2.42. The largest absolute Gasteiger partial charge is 0.325 e. The molecule has 3 rings (SSSR count). The third kappa shape index (κ3) is 3.48. The molecule has 0 aliphatic carbocycles. The summed E-state index contributed by atoms with van der Waals surface area (Å²) in [6.45, 7) is 3.24. The van der Waals surface area contributed by atoms with Crippen molar-refractivity contribution in [2.75, 3.05) is 11.9 Å². The van der Waals surface area contributed by atoms with Crippen molar-refractivity contribution in [1.29, 1.82) is 0 Å². The lowest BCUT2D eigenvalue weighted by atomic mass is 9.91. The van der Waals surface area contributed by atoms with E-state index in [1.54, 1.807) is 37.3 Å². The van der Waals surface area contributed by atoms with Gasteiger partial charge >= 0.3 is 6.03 Å². The molecule has 0 spiro atoms. The molecule has 1 fully saturated rings. The van der Waals surface area contributed by atoms with Gasteiger partial charge in [-0.3, -0.25) is 14.5 Å². The summed E-state index contributed by atoms with van der Waals surface area (Å²) in [6, 6.07) is 13.9. The van der Waals surface area contributed by atoms with Gasteiger partial charge in [0.1, 0.15) is 12.1 Å². The molecule has 134 valence electrons. The molecule has 2 aromatic carbocycles. The Bertz CT molecular complexity index is 882. The van der Waals surface area contributed by atoms with Gasteiger partial charge in [-0.15, -0.1) is 0 Å². The van der Waals surface area contributed by atoms with E-state index < -0.39 is 23.4 Å². The van der Waals surface area contributed by atoms with Crippen LogP contribution >= 0.6 is 15.9 Å². The molecule has 0 aromatic heterocycles. The Morgan fingerprint density at radius 1 is 1.19 bits per heavy atom. The number of imide groups is 1. The topological polar surface area (TPSA) is 78.5 Å². The van der Waals surface area contributed by atoms with E-state index in [-0.39, 0.29) is 6.54 Å². The predicted octanol–water partition coefficient (Wildman–Crippen LogP) is 3.16. The van der Waals surface area contributed by atoms with Crippen LogP contribution in [-0.4, -0.2) is 29.3 Å². The first-order chi connectivity index (χ1) is 12.3. The van der Waals surface area contributed by atoms with Crippen LogP contribution in [0.1, 0.15) is 18.1 Å². The summed E-state index contributed by atoms with van der Waals surface area (Å²) in [4.78, 5) is 38.3. The van der Waals surface area contributed by atoms with Crippen molar-refractivity contribution < 1.29 is 14.4 Å². The second-order valence-corrected chi connectivity index (χ2v) is 7.29. The van der Waals surface area contributed by atoms with Crippen LogP contribution in [0.25, 0.3) is 0 Å².